The zero-order chi connectivity index (χ0) is 26.8. The van der Waals surface area contributed by atoms with Crippen LogP contribution in [0.1, 0.15) is 27.7 Å². The van der Waals surface area contributed by atoms with Crippen LogP contribution in [0, 0.1) is 0 Å². The van der Waals surface area contributed by atoms with Gasteiger partial charge >= 0.3 is 0 Å². The first-order valence-corrected chi connectivity index (χ1v) is 13.0. The van der Waals surface area contributed by atoms with Gasteiger partial charge in [-0.2, -0.15) is 0 Å². The van der Waals surface area contributed by atoms with E-state index >= 15 is 0 Å². The molecule has 1 N–H and O–H groups in total. The van der Waals surface area contributed by atoms with E-state index in [9.17, 15) is 4.79 Å². The Morgan fingerprint density at radius 2 is 1.77 bits per heavy atom. The number of fused-ring (bicyclic) bond motifs is 1. The number of imidazole rings is 1. The van der Waals surface area contributed by atoms with Crippen molar-refractivity contribution in [1.82, 2.24) is 39.3 Å². The van der Waals surface area contributed by atoms with Gasteiger partial charge < -0.3 is 24.1 Å². The van der Waals surface area contributed by atoms with Crippen molar-refractivity contribution in [3.8, 4) is 17.1 Å². The van der Waals surface area contributed by atoms with Gasteiger partial charge in [-0.1, -0.05) is 6.07 Å². The Bertz CT molecular complexity index is 1620. The van der Waals surface area contributed by atoms with Gasteiger partial charge in [0.05, 0.1) is 11.4 Å². The number of carbonyl (C=O) groups excluding carboxylic acids is 1. The van der Waals surface area contributed by atoms with Crippen molar-refractivity contribution in [1.29, 1.82) is 0 Å². The number of aromatic amines is 1. The summed E-state index contributed by atoms with van der Waals surface area (Å²) in [7, 11) is 4.02. The molecular formula is C29H30N8O2. The molecule has 198 valence electrons. The highest BCUT2D eigenvalue weighted by Crippen LogP contribution is 2.23. The molecule has 0 saturated carbocycles. The Morgan fingerprint density at radius 1 is 0.923 bits per heavy atom. The van der Waals surface area contributed by atoms with Gasteiger partial charge in [0, 0.05) is 81.4 Å². The lowest BCUT2D eigenvalue weighted by Gasteiger charge is -2.32. The van der Waals surface area contributed by atoms with Crippen LogP contribution in [0.25, 0.3) is 22.3 Å². The monoisotopic (exact) mass is 522 g/mol. The fourth-order valence-electron chi connectivity index (χ4n) is 4.72. The number of nitrogens with zero attached hydrogens (tertiary/aromatic N) is 7. The van der Waals surface area contributed by atoms with E-state index in [-0.39, 0.29) is 5.91 Å². The fourth-order valence-corrected chi connectivity index (χ4v) is 4.72. The lowest BCUT2D eigenvalue weighted by atomic mass is 10.1. The van der Waals surface area contributed by atoms with E-state index in [0.29, 0.717) is 36.0 Å². The minimum atomic E-state index is 0.0514. The topological polar surface area (TPSA) is 105 Å². The predicted molar refractivity (Wildman–Crippen MR) is 147 cm³/mol. The maximum atomic E-state index is 13.0. The summed E-state index contributed by atoms with van der Waals surface area (Å²) in [4.78, 5) is 38.5. The Balaban J connectivity index is 1.16. The highest BCUT2D eigenvalue weighted by atomic mass is 16.5. The number of carbonyl (C=O) groups is 1. The maximum absolute atomic E-state index is 13.0. The molecule has 5 heterocycles. The molecule has 0 unspecified atom stereocenters. The second kappa shape index (κ2) is 10.7. The molecule has 4 aromatic heterocycles. The van der Waals surface area contributed by atoms with Crippen molar-refractivity contribution in [2.75, 3.05) is 33.2 Å². The average molecular weight is 523 g/mol. The van der Waals surface area contributed by atoms with Gasteiger partial charge in [0.2, 0.25) is 0 Å². The number of rotatable bonds is 7. The van der Waals surface area contributed by atoms with Crippen LogP contribution in [0.5, 0.6) is 5.75 Å². The Morgan fingerprint density at radius 3 is 2.59 bits per heavy atom. The smallest absolute Gasteiger partial charge is 0.270 e. The van der Waals surface area contributed by atoms with Crippen molar-refractivity contribution in [3.63, 3.8) is 0 Å². The zero-order valence-electron chi connectivity index (χ0n) is 22.0. The Hall–Kier alpha value is -4.57. The van der Waals surface area contributed by atoms with Crippen molar-refractivity contribution < 1.29 is 9.53 Å². The molecule has 0 spiro atoms. The number of H-pyrrole nitrogens is 1. The molecule has 1 amide bonds. The molecule has 5 aromatic rings. The summed E-state index contributed by atoms with van der Waals surface area (Å²) in [6.45, 7) is 3.65. The Kier molecular flexibility index (Phi) is 6.76. The van der Waals surface area contributed by atoms with Crippen molar-refractivity contribution in [3.05, 3.63) is 90.2 Å². The largest absolute Gasteiger partial charge is 0.486 e. The van der Waals surface area contributed by atoms with E-state index in [1.165, 1.54) is 0 Å². The first-order valence-electron chi connectivity index (χ1n) is 13.0. The lowest BCUT2D eigenvalue weighted by Crippen LogP contribution is -2.47. The number of piperazine rings is 1. The van der Waals surface area contributed by atoms with Crippen LogP contribution in [0.2, 0.25) is 0 Å². The molecule has 39 heavy (non-hydrogen) atoms. The number of nitrogens with one attached hydrogen (secondary N) is 1. The second-order valence-electron chi connectivity index (χ2n) is 9.85. The lowest BCUT2D eigenvalue weighted by molar-refractivity contribution is 0.0659. The summed E-state index contributed by atoms with van der Waals surface area (Å²) in [5.74, 6) is 2.28. The number of likely N-dealkylation sites (N-methyl/N-ethyl adjacent to an activating group) is 1. The van der Waals surface area contributed by atoms with Crippen LogP contribution in [-0.4, -0.2) is 78.4 Å². The quantitative estimate of drug-likeness (QED) is 0.350. The molecular weight excluding hydrogens is 492 g/mol. The highest BCUT2D eigenvalue weighted by molar-refractivity contribution is 5.98. The van der Waals surface area contributed by atoms with Crippen LogP contribution in [0.3, 0.4) is 0 Å². The van der Waals surface area contributed by atoms with Gasteiger partial charge in [0.15, 0.2) is 0 Å². The number of hydrogen-bond donors (Lipinski definition) is 1. The van der Waals surface area contributed by atoms with E-state index in [1.807, 2.05) is 59.1 Å². The number of benzene rings is 1. The second-order valence-corrected chi connectivity index (χ2v) is 9.85. The van der Waals surface area contributed by atoms with E-state index in [4.69, 9.17) is 9.72 Å². The van der Waals surface area contributed by atoms with Crippen molar-refractivity contribution >= 4 is 16.8 Å². The van der Waals surface area contributed by atoms with E-state index in [0.717, 1.165) is 54.2 Å². The van der Waals surface area contributed by atoms with Gasteiger partial charge in [-0.05, 0) is 42.9 Å². The zero-order valence-corrected chi connectivity index (χ0v) is 22.0. The summed E-state index contributed by atoms with van der Waals surface area (Å²) in [6.07, 6.45) is 7.67. The number of aromatic nitrogens is 6. The fraction of sp³-hybridized carbons (Fsp3) is 0.276. The van der Waals surface area contributed by atoms with Crippen LogP contribution in [0.4, 0.5) is 0 Å². The van der Waals surface area contributed by atoms with Crippen molar-refractivity contribution in [2.24, 2.45) is 7.05 Å². The molecule has 10 nitrogen and oxygen atoms in total. The summed E-state index contributed by atoms with van der Waals surface area (Å²) in [6, 6.07) is 13.6. The molecule has 1 aliphatic rings. The molecule has 1 fully saturated rings. The molecule has 1 saturated heterocycles. The average Bonchev–Trinajstić information content (AvgIpc) is 3.57. The summed E-state index contributed by atoms with van der Waals surface area (Å²) in [5.41, 5.74) is 4.07. The summed E-state index contributed by atoms with van der Waals surface area (Å²) in [5, 5.41) is 1.00. The number of aryl methyl sites for hydroxylation is 1. The van der Waals surface area contributed by atoms with Crippen LogP contribution >= 0.6 is 0 Å². The molecule has 0 bridgehead atoms. The molecule has 6 rings (SSSR count). The van der Waals surface area contributed by atoms with Gasteiger partial charge in [-0.25, -0.2) is 15.0 Å². The molecule has 1 aromatic carbocycles. The molecule has 0 aliphatic carbocycles. The maximum Gasteiger partial charge on any atom is 0.270 e. The summed E-state index contributed by atoms with van der Waals surface area (Å²) < 4.78 is 7.85. The van der Waals surface area contributed by atoms with Crippen LogP contribution in [0.15, 0.2) is 67.3 Å². The number of amides is 1. The number of ether oxygens (including phenoxy) is 1. The van der Waals surface area contributed by atoms with E-state index < -0.39 is 0 Å². The van der Waals surface area contributed by atoms with Gasteiger partial charge in [0.1, 0.15) is 29.7 Å². The summed E-state index contributed by atoms with van der Waals surface area (Å²) >= 11 is 0. The minimum absolute atomic E-state index is 0.0514. The predicted octanol–water partition coefficient (Wildman–Crippen LogP) is 3.31. The SMILES string of the molecule is CN1CCN(C(=O)c2cc3cc(Cc4nccc(-c5cc(OCc6nccn6C)ccn5)n4)ccc3[nH]2)CC1. The van der Waals surface area contributed by atoms with Gasteiger partial charge in [0.25, 0.3) is 5.91 Å². The standard InChI is InChI=1S/C29H30N8O2/c1-35-11-13-37(14-12-35)29(38)26-17-21-15-20(3-4-23(21)33-26)16-27-31-8-6-24(34-27)25-18-22(5-7-30-25)39-19-28-32-9-10-36(28)2/h3-10,15,17-18,33H,11-14,16,19H2,1-2H3. The van der Waals surface area contributed by atoms with Gasteiger partial charge in [-0.3, -0.25) is 9.78 Å². The minimum Gasteiger partial charge on any atom is -0.486 e. The first-order chi connectivity index (χ1) is 19.0. The molecule has 1 aliphatic heterocycles. The third-order valence-electron chi connectivity index (χ3n) is 7.06. The van der Waals surface area contributed by atoms with Crippen LogP contribution in [-0.2, 0) is 20.1 Å². The van der Waals surface area contributed by atoms with E-state index in [1.54, 1.807) is 18.6 Å². The highest BCUT2D eigenvalue weighted by Gasteiger charge is 2.21. The molecule has 0 atom stereocenters. The third-order valence-corrected chi connectivity index (χ3v) is 7.06. The van der Waals surface area contributed by atoms with E-state index in [2.05, 4.69) is 37.9 Å². The van der Waals surface area contributed by atoms with Crippen molar-refractivity contribution in [2.45, 2.75) is 13.0 Å². The Labute approximate surface area is 226 Å². The number of pyridine rings is 1. The van der Waals surface area contributed by atoms with Crippen LogP contribution < -0.4 is 4.74 Å². The normalized spacial score (nSPS) is 14.2. The molecule has 10 heteroatoms. The molecule has 0 radical (unpaired) electrons. The number of hydrogen-bond acceptors (Lipinski definition) is 7. The third kappa shape index (κ3) is 5.51. The van der Waals surface area contributed by atoms with Gasteiger partial charge in [-0.15, -0.1) is 0 Å². The first kappa shape index (κ1) is 24.7.